The Bertz CT molecular complexity index is 826. The first-order valence-corrected chi connectivity index (χ1v) is 9.04. The minimum atomic E-state index is 0.198. The summed E-state index contributed by atoms with van der Waals surface area (Å²) in [5, 5.41) is 8.92. The van der Waals surface area contributed by atoms with Gasteiger partial charge in [-0.1, -0.05) is 30.3 Å². The SMILES string of the molecule is N#CN1CC[C@@H](CC(=O)N2CC(c3ccnc(-c4ccccc4)n3)C2)C1. The van der Waals surface area contributed by atoms with Crippen LogP contribution in [0.4, 0.5) is 0 Å². The van der Waals surface area contributed by atoms with Gasteiger partial charge in [-0.25, -0.2) is 9.97 Å². The van der Waals surface area contributed by atoms with Crippen LogP contribution in [0.1, 0.15) is 24.5 Å². The van der Waals surface area contributed by atoms with E-state index >= 15 is 0 Å². The minimum absolute atomic E-state index is 0.198. The lowest BCUT2D eigenvalue weighted by Gasteiger charge is -2.39. The van der Waals surface area contributed by atoms with Crippen LogP contribution in [-0.2, 0) is 4.79 Å². The van der Waals surface area contributed by atoms with Gasteiger partial charge in [0.1, 0.15) is 0 Å². The van der Waals surface area contributed by atoms with Crippen LogP contribution < -0.4 is 0 Å². The van der Waals surface area contributed by atoms with Gasteiger partial charge in [0.15, 0.2) is 12.0 Å². The fourth-order valence-electron chi connectivity index (χ4n) is 3.66. The average Bonchev–Trinajstić information content (AvgIpc) is 3.09. The predicted molar refractivity (Wildman–Crippen MR) is 96.7 cm³/mol. The molecular formula is C20H21N5O. The largest absolute Gasteiger partial charge is 0.341 e. The number of rotatable bonds is 4. The maximum absolute atomic E-state index is 12.4. The van der Waals surface area contributed by atoms with E-state index in [2.05, 4.69) is 11.2 Å². The minimum Gasteiger partial charge on any atom is -0.341 e. The molecule has 1 atom stereocenters. The molecule has 0 aliphatic carbocycles. The Hall–Kier alpha value is -2.94. The maximum Gasteiger partial charge on any atom is 0.222 e. The van der Waals surface area contributed by atoms with Crippen LogP contribution in [0.25, 0.3) is 11.4 Å². The third-order valence-corrected chi connectivity index (χ3v) is 5.25. The van der Waals surface area contributed by atoms with Crippen molar-refractivity contribution in [3.05, 3.63) is 48.3 Å². The molecule has 1 amide bonds. The molecule has 0 spiro atoms. The van der Waals surface area contributed by atoms with Crippen LogP contribution in [0.15, 0.2) is 42.6 Å². The molecule has 2 saturated heterocycles. The van der Waals surface area contributed by atoms with Crippen LogP contribution in [0.5, 0.6) is 0 Å². The Morgan fingerprint density at radius 1 is 1.19 bits per heavy atom. The van der Waals surface area contributed by atoms with Crippen LogP contribution in [-0.4, -0.2) is 51.9 Å². The topological polar surface area (TPSA) is 73.1 Å². The molecule has 132 valence electrons. The van der Waals surface area contributed by atoms with Crippen LogP contribution >= 0.6 is 0 Å². The van der Waals surface area contributed by atoms with Crippen molar-refractivity contribution in [2.75, 3.05) is 26.2 Å². The first kappa shape index (κ1) is 16.5. The molecule has 0 saturated carbocycles. The number of nitriles is 1. The van der Waals surface area contributed by atoms with E-state index < -0.39 is 0 Å². The zero-order valence-electron chi connectivity index (χ0n) is 14.6. The van der Waals surface area contributed by atoms with Gasteiger partial charge in [0.25, 0.3) is 0 Å². The van der Waals surface area contributed by atoms with E-state index in [1.807, 2.05) is 41.3 Å². The molecule has 6 nitrogen and oxygen atoms in total. The monoisotopic (exact) mass is 347 g/mol. The molecule has 0 bridgehead atoms. The van der Waals surface area contributed by atoms with E-state index in [-0.39, 0.29) is 11.8 Å². The fourth-order valence-corrected chi connectivity index (χ4v) is 3.66. The van der Waals surface area contributed by atoms with Crippen LogP contribution in [0.3, 0.4) is 0 Å². The summed E-state index contributed by atoms with van der Waals surface area (Å²) in [6, 6.07) is 11.9. The lowest BCUT2D eigenvalue weighted by molar-refractivity contribution is -0.136. The molecule has 4 rings (SSSR count). The molecule has 1 aromatic heterocycles. The van der Waals surface area contributed by atoms with Crippen molar-refractivity contribution < 1.29 is 4.79 Å². The van der Waals surface area contributed by atoms with Crippen molar-refractivity contribution in [2.45, 2.75) is 18.8 Å². The summed E-state index contributed by atoms with van der Waals surface area (Å²) in [5.74, 6) is 1.52. The standard InChI is InChI=1S/C20H21N5O/c21-14-24-9-7-15(11-24)10-19(26)25-12-17(13-25)18-6-8-22-20(23-18)16-4-2-1-3-5-16/h1-6,8,15,17H,7,9-13H2/t15-/m0/s1. The first-order chi connectivity index (χ1) is 12.7. The third-order valence-electron chi connectivity index (χ3n) is 5.25. The van der Waals surface area contributed by atoms with Crippen LogP contribution in [0, 0.1) is 17.4 Å². The molecule has 0 N–H and O–H groups in total. The molecule has 1 aromatic carbocycles. The average molecular weight is 347 g/mol. The van der Waals surface area contributed by atoms with Gasteiger partial charge in [-0.05, 0) is 18.4 Å². The normalized spacial score (nSPS) is 19.9. The van der Waals surface area contributed by atoms with E-state index in [0.29, 0.717) is 18.9 Å². The molecule has 0 radical (unpaired) electrons. The number of amides is 1. The Morgan fingerprint density at radius 3 is 2.73 bits per heavy atom. The maximum atomic E-state index is 12.4. The Balaban J connectivity index is 1.34. The van der Waals surface area contributed by atoms with Gasteiger partial charge in [0, 0.05) is 50.3 Å². The number of carbonyl (C=O) groups is 1. The summed E-state index contributed by atoms with van der Waals surface area (Å²) in [4.78, 5) is 25.1. The van der Waals surface area contributed by atoms with Crippen molar-refractivity contribution in [3.8, 4) is 17.6 Å². The highest BCUT2D eigenvalue weighted by molar-refractivity contribution is 5.77. The number of carbonyl (C=O) groups excluding carboxylic acids is 1. The number of aromatic nitrogens is 2. The summed E-state index contributed by atoms with van der Waals surface area (Å²) in [5.41, 5.74) is 2.00. The smallest absolute Gasteiger partial charge is 0.222 e. The number of hydrogen-bond acceptors (Lipinski definition) is 5. The van der Waals surface area contributed by atoms with E-state index in [0.717, 1.165) is 43.1 Å². The molecule has 6 heteroatoms. The molecule has 2 aliphatic heterocycles. The number of benzene rings is 1. The van der Waals surface area contributed by atoms with Crippen molar-refractivity contribution in [2.24, 2.45) is 5.92 Å². The zero-order valence-corrected chi connectivity index (χ0v) is 14.6. The molecule has 26 heavy (non-hydrogen) atoms. The van der Waals surface area contributed by atoms with Crippen LogP contribution in [0.2, 0.25) is 0 Å². The summed E-state index contributed by atoms with van der Waals surface area (Å²) in [7, 11) is 0. The second kappa shape index (κ2) is 7.12. The highest BCUT2D eigenvalue weighted by Gasteiger charge is 2.34. The summed E-state index contributed by atoms with van der Waals surface area (Å²) >= 11 is 0. The molecule has 2 fully saturated rings. The first-order valence-electron chi connectivity index (χ1n) is 9.04. The van der Waals surface area contributed by atoms with Crippen molar-refractivity contribution in [1.29, 1.82) is 5.26 Å². The predicted octanol–water partition coefficient (Wildman–Crippen LogP) is 2.26. The van der Waals surface area contributed by atoms with E-state index in [1.54, 1.807) is 11.1 Å². The lowest BCUT2D eigenvalue weighted by atomic mass is 9.94. The quantitative estimate of drug-likeness (QED) is 0.793. The number of likely N-dealkylation sites (tertiary alicyclic amines) is 2. The second-order valence-corrected chi connectivity index (χ2v) is 7.07. The number of nitrogens with zero attached hydrogens (tertiary/aromatic N) is 5. The molecular weight excluding hydrogens is 326 g/mol. The molecule has 3 heterocycles. The van der Waals surface area contributed by atoms with Gasteiger partial charge < -0.3 is 9.80 Å². The fraction of sp³-hybridized carbons (Fsp3) is 0.400. The Labute approximate surface area is 153 Å². The summed E-state index contributed by atoms with van der Waals surface area (Å²) in [6.07, 6.45) is 5.44. The van der Waals surface area contributed by atoms with E-state index in [1.165, 1.54) is 0 Å². The molecule has 2 aromatic rings. The zero-order chi connectivity index (χ0) is 17.9. The highest BCUT2D eigenvalue weighted by atomic mass is 16.2. The Kier molecular flexibility index (Phi) is 4.53. The Morgan fingerprint density at radius 2 is 2.00 bits per heavy atom. The van der Waals surface area contributed by atoms with Gasteiger partial charge in [0.2, 0.25) is 5.91 Å². The van der Waals surface area contributed by atoms with Crippen molar-refractivity contribution >= 4 is 5.91 Å². The van der Waals surface area contributed by atoms with E-state index in [4.69, 9.17) is 10.2 Å². The van der Waals surface area contributed by atoms with Crippen molar-refractivity contribution in [3.63, 3.8) is 0 Å². The molecule has 2 aliphatic rings. The van der Waals surface area contributed by atoms with E-state index in [9.17, 15) is 4.79 Å². The molecule has 0 unspecified atom stereocenters. The highest BCUT2D eigenvalue weighted by Crippen LogP contribution is 2.29. The van der Waals surface area contributed by atoms with Gasteiger partial charge in [-0.2, -0.15) is 5.26 Å². The van der Waals surface area contributed by atoms with Crippen molar-refractivity contribution in [1.82, 2.24) is 19.8 Å². The van der Waals surface area contributed by atoms with Gasteiger partial charge in [-0.15, -0.1) is 0 Å². The number of hydrogen-bond donors (Lipinski definition) is 0. The third kappa shape index (κ3) is 3.38. The van der Waals surface area contributed by atoms with Gasteiger partial charge in [-0.3, -0.25) is 4.79 Å². The summed E-state index contributed by atoms with van der Waals surface area (Å²) < 4.78 is 0. The van der Waals surface area contributed by atoms with Gasteiger partial charge in [0.05, 0.1) is 5.69 Å². The second-order valence-electron chi connectivity index (χ2n) is 7.07. The lowest BCUT2D eigenvalue weighted by Crippen LogP contribution is -2.49. The van der Waals surface area contributed by atoms with Gasteiger partial charge >= 0.3 is 0 Å². The summed E-state index contributed by atoms with van der Waals surface area (Å²) in [6.45, 7) is 2.93.